The average molecular weight is 373 g/mol. The van der Waals surface area contributed by atoms with E-state index in [-0.39, 0.29) is 23.3 Å². The minimum atomic E-state index is -3.65. The van der Waals surface area contributed by atoms with Crippen molar-refractivity contribution in [1.82, 2.24) is 9.62 Å². The maximum absolute atomic E-state index is 12.6. The molecule has 0 aliphatic carbocycles. The van der Waals surface area contributed by atoms with Crippen LogP contribution < -0.4 is 10.0 Å². The summed E-state index contributed by atoms with van der Waals surface area (Å²) in [6.45, 7) is 2.82. The van der Waals surface area contributed by atoms with Crippen molar-refractivity contribution in [3.8, 4) is 0 Å². The molecule has 0 unspecified atom stereocenters. The largest absolute Gasteiger partial charge is 0.325 e. The van der Waals surface area contributed by atoms with Gasteiger partial charge in [0.15, 0.2) is 0 Å². The first kappa shape index (κ1) is 18.6. The molecule has 6 nitrogen and oxygen atoms in total. The maximum Gasteiger partial charge on any atom is 0.240 e. The number of anilines is 1. The van der Waals surface area contributed by atoms with E-state index >= 15 is 0 Å². The molecule has 0 saturated heterocycles. The molecule has 3 rings (SSSR count). The van der Waals surface area contributed by atoms with Crippen LogP contribution in [0, 0.1) is 0 Å². The Labute approximate surface area is 154 Å². The standard InChI is InChI=1S/C19H23N3O3S/c1-13-17-10-16(8-9-18(17)21-19(13)23)26(24,25)20-11-14-4-6-15(7-5-14)12-22(2)3/h4-10,13,20H,11-12H2,1-3H3,(H,21,23)/t13-/m1/s1. The lowest BCUT2D eigenvalue weighted by Gasteiger charge is -2.11. The molecule has 1 amide bonds. The third kappa shape index (κ3) is 3.95. The van der Waals surface area contributed by atoms with Gasteiger partial charge in [-0.2, -0.15) is 0 Å². The first-order valence-corrected chi connectivity index (χ1v) is 9.91. The van der Waals surface area contributed by atoms with Crippen LogP contribution in [0.25, 0.3) is 0 Å². The number of hydrogen-bond donors (Lipinski definition) is 2. The predicted molar refractivity (Wildman–Crippen MR) is 101 cm³/mol. The SMILES string of the molecule is C[C@H]1C(=O)Nc2ccc(S(=O)(=O)NCc3ccc(CN(C)C)cc3)cc21. The highest BCUT2D eigenvalue weighted by Crippen LogP contribution is 2.33. The van der Waals surface area contributed by atoms with Crippen molar-refractivity contribution in [3.63, 3.8) is 0 Å². The van der Waals surface area contributed by atoms with Crippen LogP contribution in [0.3, 0.4) is 0 Å². The highest BCUT2D eigenvalue weighted by Gasteiger charge is 2.28. The van der Waals surface area contributed by atoms with E-state index < -0.39 is 10.0 Å². The van der Waals surface area contributed by atoms with E-state index in [0.29, 0.717) is 11.3 Å². The van der Waals surface area contributed by atoms with Crippen molar-refractivity contribution in [2.24, 2.45) is 0 Å². The van der Waals surface area contributed by atoms with Gasteiger partial charge in [-0.3, -0.25) is 4.79 Å². The lowest BCUT2D eigenvalue weighted by atomic mass is 10.0. The number of fused-ring (bicyclic) bond motifs is 1. The Morgan fingerprint density at radius 1 is 1.08 bits per heavy atom. The zero-order valence-electron chi connectivity index (χ0n) is 15.1. The summed E-state index contributed by atoms with van der Waals surface area (Å²) in [6.07, 6.45) is 0. The van der Waals surface area contributed by atoms with Gasteiger partial charge in [-0.15, -0.1) is 0 Å². The quantitative estimate of drug-likeness (QED) is 0.814. The number of amides is 1. The van der Waals surface area contributed by atoms with Crippen LogP contribution in [0.15, 0.2) is 47.4 Å². The van der Waals surface area contributed by atoms with E-state index in [4.69, 9.17) is 0 Å². The average Bonchev–Trinajstić information content (AvgIpc) is 2.88. The molecule has 2 N–H and O–H groups in total. The monoisotopic (exact) mass is 373 g/mol. The van der Waals surface area contributed by atoms with Crippen molar-refractivity contribution in [2.75, 3.05) is 19.4 Å². The third-order valence-electron chi connectivity index (χ3n) is 4.44. The number of carbonyl (C=O) groups excluding carboxylic acids is 1. The van der Waals surface area contributed by atoms with Gasteiger partial charge in [-0.25, -0.2) is 13.1 Å². The molecular formula is C19H23N3O3S. The minimum absolute atomic E-state index is 0.111. The van der Waals surface area contributed by atoms with E-state index in [1.807, 2.05) is 38.4 Å². The first-order valence-electron chi connectivity index (χ1n) is 8.43. The van der Waals surface area contributed by atoms with Gasteiger partial charge >= 0.3 is 0 Å². The van der Waals surface area contributed by atoms with Gasteiger partial charge in [-0.1, -0.05) is 24.3 Å². The zero-order valence-corrected chi connectivity index (χ0v) is 15.9. The molecule has 138 valence electrons. The molecule has 0 spiro atoms. The number of sulfonamides is 1. The molecule has 26 heavy (non-hydrogen) atoms. The van der Waals surface area contributed by atoms with Crippen LogP contribution in [-0.2, 0) is 27.9 Å². The third-order valence-corrected chi connectivity index (χ3v) is 5.84. The van der Waals surface area contributed by atoms with Crippen LogP contribution in [0.2, 0.25) is 0 Å². The second-order valence-corrected chi connectivity index (χ2v) is 8.61. The van der Waals surface area contributed by atoms with Gasteiger partial charge in [0.2, 0.25) is 15.9 Å². The van der Waals surface area contributed by atoms with Gasteiger partial charge in [0.1, 0.15) is 0 Å². The van der Waals surface area contributed by atoms with Crippen molar-refractivity contribution in [2.45, 2.75) is 30.8 Å². The molecule has 1 aliphatic rings. The molecule has 1 aliphatic heterocycles. The van der Waals surface area contributed by atoms with E-state index in [0.717, 1.165) is 12.1 Å². The Kier molecular flexibility index (Phi) is 5.13. The molecule has 0 bridgehead atoms. The fourth-order valence-corrected chi connectivity index (χ4v) is 4.00. The number of rotatable bonds is 6. The Hall–Kier alpha value is -2.22. The van der Waals surface area contributed by atoms with Crippen LogP contribution in [-0.4, -0.2) is 33.3 Å². The second kappa shape index (κ2) is 7.19. The Morgan fingerprint density at radius 2 is 1.73 bits per heavy atom. The Bertz CT molecular complexity index is 922. The molecule has 2 aromatic rings. The van der Waals surface area contributed by atoms with Gasteiger partial charge in [0.05, 0.1) is 10.8 Å². The Balaban J connectivity index is 1.71. The molecule has 2 aromatic carbocycles. The number of carbonyl (C=O) groups is 1. The van der Waals surface area contributed by atoms with Crippen molar-refractivity contribution in [3.05, 3.63) is 59.2 Å². The van der Waals surface area contributed by atoms with Gasteiger partial charge in [0.25, 0.3) is 0 Å². The predicted octanol–water partition coefficient (Wildman–Crippen LogP) is 2.28. The van der Waals surface area contributed by atoms with E-state index in [1.165, 1.54) is 11.6 Å². The summed E-state index contributed by atoms with van der Waals surface area (Å²) < 4.78 is 27.8. The van der Waals surface area contributed by atoms with Crippen LogP contribution >= 0.6 is 0 Å². The van der Waals surface area contributed by atoms with Crippen molar-refractivity contribution >= 4 is 21.6 Å². The Morgan fingerprint density at radius 3 is 2.38 bits per heavy atom. The van der Waals surface area contributed by atoms with E-state index in [9.17, 15) is 13.2 Å². The van der Waals surface area contributed by atoms with E-state index in [1.54, 1.807) is 19.1 Å². The summed E-state index contributed by atoms with van der Waals surface area (Å²) in [5, 5.41) is 2.74. The molecule has 0 saturated carbocycles. The zero-order chi connectivity index (χ0) is 18.9. The number of hydrogen-bond acceptors (Lipinski definition) is 4. The second-order valence-electron chi connectivity index (χ2n) is 6.84. The van der Waals surface area contributed by atoms with E-state index in [2.05, 4.69) is 14.9 Å². The summed E-state index contributed by atoms with van der Waals surface area (Å²) >= 11 is 0. The minimum Gasteiger partial charge on any atom is -0.325 e. The number of benzene rings is 2. The molecule has 1 heterocycles. The molecule has 7 heteroatoms. The molecular weight excluding hydrogens is 350 g/mol. The lowest BCUT2D eigenvalue weighted by molar-refractivity contribution is -0.116. The fraction of sp³-hybridized carbons (Fsp3) is 0.316. The van der Waals surface area contributed by atoms with Crippen LogP contribution in [0.1, 0.15) is 29.5 Å². The molecule has 1 atom stereocenters. The maximum atomic E-state index is 12.6. The molecule has 0 fully saturated rings. The van der Waals surface area contributed by atoms with Crippen molar-refractivity contribution in [1.29, 1.82) is 0 Å². The smallest absolute Gasteiger partial charge is 0.240 e. The summed E-state index contributed by atoms with van der Waals surface area (Å²) in [5.74, 6) is -0.454. The number of nitrogens with one attached hydrogen (secondary N) is 2. The summed E-state index contributed by atoms with van der Waals surface area (Å²) in [6, 6.07) is 12.6. The topological polar surface area (TPSA) is 78.5 Å². The lowest BCUT2D eigenvalue weighted by Crippen LogP contribution is -2.23. The molecule has 0 radical (unpaired) electrons. The number of nitrogens with zero attached hydrogens (tertiary/aromatic N) is 1. The summed E-state index contributed by atoms with van der Waals surface area (Å²) in [4.78, 5) is 14.0. The molecule has 0 aromatic heterocycles. The fourth-order valence-electron chi connectivity index (χ4n) is 2.95. The normalized spacial score (nSPS) is 16.6. The summed E-state index contributed by atoms with van der Waals surface area (Å²) in [7, 11) is 0.358. The highest BCUT2D eigenvalue weighted by atomic mass is 32.2. The first-order chi connectivity index (χ1) is 12.3. The van der Waals surface area contributed by atoms with Crippen molar-refractivity contribution < 1.29 is 13.2 Å². The van der Waals surface area contributed by atoms with Crippen LogP contribution in [0.5, 0.6) is 0 Å². The van der Waals surface area contributed by atoms with Gasteiger partial charge < -0.3 is 10.2 Å². The summed E-state index contributed by atoms with van der Waals surface area (Å²) in [5.41, 5.74) is 3.46. The van der Waals surface area contributed by atoms with Gasteiger partial charge in [0, 0.05) is 18.8 Å². The highest BCUT2D eigenvalue weighted by molar-refractivity contribution is 7.89. The van der Waals surface area contributed by atoms with Gasteiger partial charge in [-0.05, 0) is 55.9 Å². The van der Waals surface area contributed by atoms with Crippen LogP contribution in [0.4, 0.5) is 5.69 Å².